The van der Waals surface area contributed by atoms with Crippen LogP contribution < -0.4 is 92.5 Å². The van der Waals surface area contributed by atoms with Crippen molar-refractivity contribution in [2.75, 3.05) is 32.7 Å². The lowest BCUT2D eigenvalue weighted by Crippen LogP contribution is -2.61. The van der Waals surface area contributed by atoms with Crippen molar-refractivity contribution in [2.24, 2.45) is 46.4 Å². The first-order chi connectivity index (χ1) is 68.0. The molecule has 49 heteroatoms. The van der Waals surface area contributed by atoms with Crippen LogP contribution in [0.4, 0.5) is 0 Å². The normalized spacial score (nSPS) is 18.5. The molecule has 4 aliphatic rings. The molecule has 144 heavy (non-hydrogen) atoms. The number of aliphatic hydroxyl groups is 1. The third kappa shape index (κ3) is 38.4. The Morgan fingerprint density at radius 2 is 0.583 bits per heavy atom. The second kappa shape index (κ2) is 58.6. The van der Waals surface area contributed by atoms with E-state index in [4.69, 9.17) is 28.7 Å². The largest absolute Gasteiger partial charge is 0.481 e. The molecule has 4 saturated heterocycles. The molecule has 0 bridgehead atoms. The van der Waals surface area contributed by atoms with E-state index >= 15 is 14.4 Å². The number of amides is 19. The number of hydrogen-bond acceptors (Lipinski definition) is 26. The lowest BCUT2D eigenvalue weighted by molar-refractivity contribution is -0.146. The lowest BCUT2D eigenvalue weighted by atomic mass is 9.99. The van der Waals surface area contributed by atoms with E-state index < -0.39 is 315 Å². The van der Waals surface area contributed by atoms with E-state index in [1.807, 2.05) is 0 Å². The van der Waals surface area contributed by atoms with Gasteiger partial charge in [0.15, 0.2) is 0 Å². The number of aliphatic carboxylic acids is 4. The number of aliphatic hydroxyl groups excluding tert-OH is 1. The number of benzene rings is 2. The molecule has 2 aromatic rings. The van der Waals surface area contributed by atoms with Gasteiger partial charge in [0, 0.05) is 71.1 Å². The predicted octanol–water partition coefficient (Wildman–Crippen LogP) is -4.69. The molecular weight excluding hydrogens is 1880 g/mol. The third-order valence-electron chi connectivity index (χ3n) is 25.0. The van der Waals surface area contributed by atoms with E-state index in [2.05, 4.69) is 63.8 Å². The number of nitrogens with two attached hydrogens (primary N) is 5. The van der Waals surface area contributed by atoms with E-state index in [1.165, 1.54) is 11.8 Å². The summed E-state index contributed by atoms with van der Waals surface area (Å²) in [5.74, 6) is -25.2. The number of nitrogens with one attached hydrogen (secondary N) is 12. The molecule has 27 N–H and O–H groups in total. The number of rotatable bonds is 61. The Bertz CT molecular complexity index is 4860. The van der Waals surface area contributed by atoms with Crippen LogP contribution in [0.2, 0.25) is 0 Å². The Kier molecular flexibility index (Phi) is 48.4. The first kappa shape index (κ1) is 119. The van der Waals surface area contributed by atoms with Crippen LogP contribution in [-0.2, 0) is 123 Å². The monoisotopic (exact) mass is 2030 g/mol. The molecule has 18 atom stereocenters. The summed E-state index contributed by atoms with van der Waals surface area (Å²) in [6, 6.07) is -10.3. The van der Waals surface area contributed by atoms with Gasteiger partial charge in [-0.1, -0.05) is 102 Å². The highest BCUT2D eigenvalue weighted by Gasteiger charge is 2.47. The summed E-state index contributed by atoms with van der Waals surface area (Å²) in [4.78, 5) is 323. The van der Waals surface area contributed by atoms with Crippen LogP contribution in [0, 0.1) is 17.8 Å². The van der Waals surface area contributed by atoms with Gasteiger partial charge < -0.3 is 138 Å². The number of hydrogen-bond donors (Lipinski definition) is 22. The highest BCUT2D eigenvalue weighted by atomic mass is 16.4. The van der Waals surface area contributed by atoms with Crippen molar-refractivity contribution in [3.8, 4) is 0 Å². The molecule has 6 rings (SSSR count). The van der Waals surface area contributed by atoms with Crippen LogP contribution in [0.25, 0.3) is 0 Å². The lowest BCUT2D eigenvalue weighted by Gasteiger charge is -2.32. The summed E-state index contributed by atoms with van der Waals surface area (Å²) in [6.07, 6.45) is -7.75. The standard InChI is InChI=1S/C95H143N21O28/c1-50(2)44-62(107-79(127)56(29-34-72(97)118)103-90(138)78(100)53(7)117)82(130)104-59(24-14-15-39-96)91(139)113-40-16-25-68(113)86(134)102-58(32-37-76(123)124)80(128)109-64(47-54-20-10-8-11-21-54)85(133)108-63(45-51(3)4)83(131)105-60(30-35-73(98)119)92(140)114-41-17-27-70(114)88(136)110-65(48-55-22-12-9-13-23-55)84(132)101-57(31-36-75(121)122)81(129)111-66(49-74(99)120)94(142)116-43-19-26-69(116)87(135)106-61(33-38-77(125)126)93(141)115-42-18-28-71(115)89(137)112-67(95(143)144)46-52(5)6/h8-13,20-23,50-53,56-71,78,117H,14-19,24-49,96,100H2,1-7H3,(H2,97,118)(H2,98,119)(H2,99,120)(H,101,132)(H,102,134)(H,103,138)(H,104,130)(H,105,131)(H,106,135)(H,107,127)(H,108,133)(H,109,128)(H,110,136)(H,111,129)(H,112,137)(H,121,122)(H,123,124)(H,125,126)(H,143,144)/t53-,56+,57+,58+,59+,60+,61+,62+,63+,64+,65+,66+,67+,68+,69+,70+,71+,78+/m1/s1. The van der Waals surface area contributed by atoms with Crippen LogP contribution in [0.3, 0.4) is 0 Å². The van der Waals surface area contributed by atoms with Gasteiger partial charge in [-0.25, -0.2) is 4.79 Å². The molecule has 4 heterocycles. The highest BCUT2D eigenvalue weighted by Crippen LogP contribution is 2.28. The van der Waals surface area contributed by atoms with Crippen molar-refractivity contribution in [3.05, 3.63) is 71.8 Å². The van der Waals surface area contributed by atoms with Gasteiger partial charge in [0.25, 0.3) is 0 Å². The van der Waals surface area contributed by atoms with E-state index in [0.29, 0.717) is 17.5 Å². The molecule has 0 aromatic heterocycles. The van der Waals surface area contributed by atoms with Gasteiger partial charge in [0.1, 0.15) is 103 Å². The maximum absolute atomic E-state index is 15.2. The smallest absolute Gasteiger partial charge is 0.326 e. The molecule has 19 amide bonds. The number of primary amides is 3. The van der Waals surface area contributed by atoms with Crippen molar-refractivity contribution < 1.29 is 136 Å². The Balaban J connectivity index is 1.22. The topological polar surface area (TPSA) is 781 Å². The van der Waals surface area contributed by atoms with Gasteiger partial charge in [-0.2, -0.15) is 0 Å². The first-order valence-electron chi connectivity index (χ1n) is 48.8. The fraction of sp³-hybridized carbons (Fsp3) is 0.632. The minimum Gasteiger partial charge on any atom is -0.481 e. The number of carbonyl (C=O) groups is 23. The number of carboxylic acid groups (broad SMARTS) is 4. The van der Waals surface area contributed by atoms with Crippen molar-refractivity contribution >= 4 is 136 Å². The van der Waals surface area contributed by atoms with Gasteiger partial charge in [-0.3, -0.25) is 105 Å². The minimum atomic E-state index is -1.94. The van der Waals surface area contributed by atoms with E-state index in [1.54, 1.807) is 102 Å². The number of carbonyl (C=O) groups excluding carboxylic acids is 19. The Labute approximate surface area is 833 Å². The summed E-state index contributed by atoms with van der Waals surface area (Å²) in [7, 11) is 0. The number of carboxylic acids is 4. The molecule has 2 aromatic carbocycles. The van der Waals surface area contributed by atoms with Crippen molar-refractivity contribution in [2.45, 2.75) is 331 Å². The molecular formula is C95H143N21O28. The number of nitrogens with zero attached hydrogens (tertiary/aromatic N) is 4. The summed E-state index contributed by atoms with van der Waals surface area (Å²) in [6.45, 7) is 11.2. The molecule has 796 valence electrons. The van der Waals surface area contributed by atoms with Crippen LogP contribution in [0.5, 0.6) is 0 Å². The van der Waals surface area contributed by atoms with Crippen molar-refractivity contribution in [1.82, 2.24) is 83.4 Å². The molecule has 0 spiro atoms. The Morgan fingerprint density at radius 1 is 0.319 bits per heavy atom. The average Bonchev–Trinajstić information content (AvgIpc) is 1.65. The van der Waals surface area contributed by atoms with Crippen LogP contribution in [0.1, 0.15) is 220 Å². The zero-order valence-corrected chi connectivity index (χ0v) is 82.3. The summed E-state index contributed by atoms with van der Waals surface area (Å²) in [5.41, 5.74) is 29.2. The van der Waals surface area contributed by atoms with Gasteiger partial charge in [0.2, 0.25) is 112 Å². The highest BCUT2D eigenvalue weighted by molar-refractivity contribution is 6.03. The molecule has 4 aliphatic heterocycles. The molecule has 49 nitrogen and oxygen atoms in total. The summed E-state index contributed by atoms with van der Waals surface area (Å²) >= 11 is 0. The average molecular weight is 2030 g/mol. The van der Waals surface area contributed by atoms with Crippen LogP contribution in [0.15, 0.2) is 60.7 Å². The van der Waals surface area contributed by atoms with E-state index in [-0.39, 0.29) is 147 Å². The van der Waals surface area contributed by atoms with Crippen LogP contribution >= 0.6 is 0 Å². The minimum absolute atomic E-state index is 0.00904. The molecule has 4 fully saturated rings. The first-order valence-corrected chi connectivity index (χ1v) is 48.8. The number of unbranched alkanes of at least 4 members (excludes halogenated alkanes) is 1. The van der Waals surface area contributed by atoms with Crippen molar-refractivity contribution in [3.63, 3.8) is 0 Å². The quantitative estimate of drug-likeness (QED) is 0.0277. The SMILES string of the molecule is CC(C)C[C@H](NC(=O)[C@@H]1CCCN1C(=O)[C@H](CCC(=O)O)NC(=O)[C@@H]1CCCN1C(=O)[C@H](CC(N)=O)NC(=O)[C@H](CCC(=O)O)NC(=O)[C@H](Cc1ccccc1)NC(=O)[C@@H]1CCCN1C(=O)[C@H](CCC(N)=O)NC(=O)[C@H](CC(C)C)NC(=O)[C@H](Cc1ccccc1)NC(=O)[C@H](CCC(=O)O)NC(=O)[C@@H]1CCCN1C(=O)[C@H](CCCCN)NC(=O)[C@H](CC(C)C)NC(=O)[C@H](CCC(N)=O)NC(=O)[C@@H](N)[C@@H](C)O)C(=O)O. The zero-order valence-electron chi connectivity index (χ0n) is 82.3. The Hall–Kier alpha value is -13.9. The molecule has 0 aliphatic carbocycles. The van der Waals surface area contributed by atoms with E-state index in [0.717, 1.165) is 14.7 Å². The second-order valence-corrected chi connectivity index (χ2v) is 38.1. The molecule has 0 saturated carbocycles. The fourth-order valence-electron chi connectivity index (χ4n) is 17.5. The fourth-order valence-corrected chi connectivity index (χ4v) is 17.5. The number of likely N-dealkylation sites (tertiary alicyclic amines) is 4. The van der Waals surface area contributed by atoms with Crippen LogP contribution in [-0.4, -0.2) is 323 Å². The van der Waals surface area contributed by atoms with E-state index in [9.17, 15) is 121 Å². The third-order valence-corrected chi connectivity index (χ3v) is 25.0. The van der Waals surface area contributed by atoms with Gasteiger partial charge in [-0.05, 0) is 164 Å². The maximum atomic E-state index is 15.2. The zero-order chi connectivity index (χ0) is 107. The second-order valence-electron chi connectivity index (χ2n) is 38.1. The summed E-state index contributed by atoms with van der Waals surface area (Å²) in [5, 5.41) is 80.1. The molecule has 0 unspecified atom stereocenters. The summed E-state index contributed by atoms with van der Waals surface area (Å²) < 4.78 is 0. The van der Waals surface area contributed by atoms with Crippen molar-refractivity contribution in [1.29, 1.82) is 0 Å². The molecule has 0 radical (unpaired) electrons. The maximum Gasteiger partial charge on any atom is 0.326 e. The Morgan fingerprint density at radius 3 is 0.931 bits per heavy atom. The van der Waals surface area contributed by atoms with Gasteiger partial charge in [-0.15, -0.1) is 0 Å². The predicted molar refractivity (Wildman–Crippen MR) is 512 cm³/mol. The van der Waals surface area contributed by atoms with Gasteiger partial charge >= 0.3 is 23.9 Å². The van der Waals surface area contributed by atoms with Gasteiger partial charge in [0.05, 0.1) is 12.5 Å².